The number of rotatable bonds is 7. The molecule has 0 amide bonds. The van der Waals surface area contributed by atoms with Crippen molar-refractivity contribution in [3.63, 3.8) is 0 Å². The Hall–Kier alpha value is -2.54. The number of ether oxygens (including phenoxy) is 1. The van der Waals surface area contributed by atoms with Crippen LogP contribution in [0.5, 0.6) is 5.75 Å². The average Bonchev–Trinajstić information content (AvgIpc) is 3.22. The topological polar surface area (TPSA) is 81.0 Å². The maximum Gasteiger partial charge on any atom is 0.277 e. The van der Waals surface area contributed by atoms with Crippen molar-refractivity contribution in [3.8, 4) is 5.75 Å². The number of aromatic amines is 1. The molecule has 0 unspecified atom stereocenters. The molecular weight excluding hydrogens is 314 g/mol. The molecule has 3 aromatic rings. The third-order valence-electron chi connectivity index (χ3n) is 3.03. The number of thioether (sulfide) groups is 1. The van der Waals surface area contributed by atoms with E-state index in [9.17, 15) is 4.79 Å². The quantitative estimate of drug-likeness (QED) is 0.529. The highest BCUT2D eigenvalue weighted by atomic mass is 32.2. The number of hydrogen-bond acceptors (Lipinski definition) is 6. The smallest absolute Gasteiger partial charge is 0.277 e. The number of aromatic nitrogens is 3. The minimum atomic E-state index is -0.0178. The van der Waals surface area contributed by atoms with Crippen LogP contribution in [-0.2, 0) is 6.61 Å². The summed E-state index contributed by atoms with van der Waals surface area (Å²) >= 11 is 1.21. The minimum absolute atomic E-state index is 0.0178. The number of nitrogens with one attached hydrogen (secondary N) is 1. The van der Waals surface area contributed by atoms with Crippen LogP contribution in [0.2, 0.25) is 0 Å². The number of H-pyrrole nitrogens is 1. The van der Waals surface area contributed by atoms with Gasteiger partial charge < -0.3 is 14.1 Å². The molecular formula is C16H15N3O3S. The predicted molar refractivity (Wildman–Crippen MR) is 85.7 cm³/mol. The summed E-state index contributed by atoms with van der Waals surface area (Å²) in [6.07, 6.45) is 1.71. The van der Waals surface area contributed by atoms with Crippen LogP contribution in [-0.4, -0.2) is 26.7 Å². The normalized spacial score (nSPS) is 10.7. The molecule has 2 heterocycles. The Kier molecular flexibility index (Phi) is 4.77. The van der Waals surface area contributed by atoms with Crippen molar-refractivity contribution >= 4 is 17.5 Å². The van der Waals surface area contributed by atoms with Gasteiger partial charge in [0.2, 0.25) is 0 Å². The van der Waals surface area contributed by atoms with Crippen molar-refractivity contribution in [3.05, 3.63) is 59.7 Å². The van der Waals surface area contributed by atoms with Gasteiger partial charge >= 0.3 is 0 Å². The number of nitrogens with zero attached hydrogens (tertiary/aromatic N) is 2. The highest BCUT2D eigenvalue weighted by molar-refractivity contribution is 7.99. The summed E-state index contributed by atoms with van der Waals surface area (Å²) in [4.78, 5) is 14.7. The molecule has 118 valence electrons. The van der Waals surface area contributed by atoms with Gasteiger partial charge in [-0.2, -0.15) is 0 Å². The SMILES string of the molecule is Cc1cccc(OCc2nnc(SCC(=O)c3ccc[nH]3)o2)c1. The van der Waals surface area contributed by atoms with Gasteiger partial charge in [0.1, 0.15) is 5.75 Å². The Bertz CT molecular complexity index is 783. The first kappa shape index (κ1) is 15.4. The molecule has 0 aliphatic carbocycles. The van der Waals surface area contributed by atoms with E-state index in [2.05, 4.69) is 15.2 Å². The summed E-state index contributed by atoms with van der Waals surface area (Å²) < 4.78 is 11.0. The lowest BCUT2D eigenvalue weighted by molar-refractivity contribution is 0.101. The number of benzene rings is 1. The van der Waals surface area contributed by atoms with Crippen LogP contribution in [0.15, 0.2) is 52.2 Å². The van der Waals surface area contributed by atoms with Gasteiger partial charge in [-0.15, -0.1) is 10.2 Å². The number of ketones is 1. The van der Waals surface area contributed by atoms with Gasteiger partial charge in [0.05, 0.1) is 11.4 Å². The summed E-state index contributed by atoms with van der Waals surface area (Å²) in [7, 11) is 0. The summed E-state index contributed by atoms with van der Waals surface area (Å²) in [5, 5.41) is 8.17. The van der Waals surface area contributed by atoms with E-state index >= 15 is 0 Å². The summed E-state index contributed by atoms with van der Waals surface area (Å²) in [5.41, 5.74) is 1.69. The average molecular weight is 329 g/mol. The van der Waals surface area contributed by atoms with Crippen molar-refractivity contribution in [1.29, 1.82) is 0 Å². The zero-order valence-corrected chi connectivity index (χ0v) is 13.3. The monoisotopic (exact) mass is 329 g/mol. The Labute approximate surface area is 137 Å². The van der Waals surface area contributed by atoms with E-state index in [1.54, 1.807) is 18.3 Å². The van der Waals surface area contributed by atoms with Crippen LogP contribution < -0.4 is 4.74 Å². The van der Waals surface area contributed by atoms with E-state index in [0.29, 0.717) is 16.8 Å². The maximum absolute atomic E-state index is 11.9. The number of aryl methyl sites for hydroxylation is 1. The molecule has 23 heavy (non-hydrogen) atoms. The molecule has 0 fully saturated rings. The van der Waals surface area contributed by atoms with Gasteiger partial charge in [-0.3, -0.25) is 4.79 Å². The van der Waals surface area contributed by atoms with E-state index < -0.39 is 0 Å². The molecule has 1 aromatic carbocycles. The summed E-state index contributed by atoms with van der Waals surface area (Å²) in [6.45, 7) is 2.19. The van der Waals surface area contributed by atoms with Crippen molar-refractivity contribution in [2.24, 2.45) is 0 Å². The van der Waals surface area contributed by atoms with Crippen LogP contribution in [0, 0.1) is 6.92 Å². The summed E-state index contributed by atoms with van der Waals surface area (Å²) in [6, 6.07) is 11.2. The van der Waals surface area contributed by atoms with E-state index in [1.165, 1.54) is 11.8 Å². The highest BCUT2D eigenvalue weighted by Crippen LogP contribution is 2.19. The molecule has 0 aliphatic heterocycles. The lowest BCUT2D eigenvalue weighted by Gasteiger charge is -2.03. The molecule has 2 aromatic heterocycles. The second kappa shape index (κ2) is 7.15. The van der Waals surface area contributed by atoms with Gasteiger partial charge in [0.25, 0.3) is 11.1 Å². The maximum atomic E-state index is 11.9. The fourth-order valence-corrected chi connectivity index (χ4v) is 2.58. The third kappa shape index (κ3) is 4.23. The zero-order valence-electron chi connectivity index (χ0n) is 12.5. The first-order valence-corrected chi connectivity index (χ1v) is 8.00. The molecule has 0 aliphatic rings. The predicted octanol–water partition coefficient (Wildman–Crippen LogP) is 3.26. The molecule has 3 rings (SSSR count). The number of carbonyl (C=O) groups is 1. The van der Waals surface area contributed by atoms with Crippen LogP contribution in [0.4, 0.5) is 0 Å². The van der Waals surface area contributed by atoms with E-state index in [0.717, 1.165) is 11.3 Å². The van der Waals surface area contributed by atoms with E-state index in [1.807, 2.05) is 31.2 Å². The van der Waals surface area contributed by atoms with Gasteiger partial charge in [0.15, 0.2) is 12.4 Å². The first-order valence-electron chi connectivity index (χ1n) is 7.02. The lowest BCUT2D eigenvalue weighted by Crippen LogP contribution is -2.02. The third-order valence-corrected chi connectivity index (χ3v) is 3.84. The molecule has 0 bridgehead atoms. The second-order valence-corrected chi connectivity index (χ2v) is 5.79. The Morgan fingerprint density at radius 2 is 2.22 bits per heavy atom. The van der Waals surface area contributed by atoms with Gasteiger partial charge in [-0.05, 0) is 36.8 Å². The Morgan fingerprint density at radius 3 is 3.00 bits per heavy atom. The zero-order chi connectivity index (χ0) is 16.1. The van der Waals surface area contributed by atoms with Crippen molar-refractivity contribution in [1.82, 2.24) is 15.2 Å². The van der Waals surface area contributed by atoms with Crippen molar-refractivity contribution in [2.45, 2.75) is 18.8 Å². The second-order valence-electron chi connectivity index (χ2n) is 4.86. The molecule has 0 saturated heterocycles. The van der Waals surface area contributed by atoms with Gasteiger partial charge in [-0.25, -0.2) is 0 Å². The lowest BCUT2D eigenvalue weighted by atomic mass is 10.2. The largest absolute Gasteiger partial charge is 0.484 e. The van der Waals surface area contributed by atoms with E-state index in [-0.39, 0.29) is 18.1 Å². The Balaban J connectivity index is 1.51. The molecule has 0 saturated carbocycles. The fourth-order valence-electron chi connectivity index (χ4n) is 1.91. The number of carbonyl (C=O) groups excluding carboxylic acids is 1. The fraction of sp³-hybridized carbons (Fsp3) is 0.188. The first-order chi connectivity index (χ1) is 11.2. The molecule has 6 nitrogen and oxygen atoms in total. The molecule has 1 N–H and O–H groups in total. The number of Topliss-reactive ketones (excluding diaryl/α,β-unsaturated/α-hetero) is 1. The molecule has 0 radical (unpaired) electrons. The Morgan fingerprint density at radius 1 is 1.30 bits per heavy atom. The minimum Gasteiger partial charge on any atom is -0.484 e. The highest BCUT2D eigenvalue weighted by Gasteiger charge is 2.12. The van der Waals surface area contributed by atoms with Crippen LogP contribution >= 0.6 is 11.8 Å². The number of hydrogen-bond donors (Lipinski definition) is 1. The van der Waals surface area contributed by atoms with Crippen molar-refractivity contribution in [2.75, 3.05) is 5.75 Å². The molecule has 7 heteroatoms. The molecule has 0 atom stereocenters. The van der Waals surface area contributed by atoms with Crippen LogP contribution in [0.1, 0.15) is 21.9 Å². The van der Waals surface area contributed by atoms with Crippen molar-refractivity contribution < 1.29 is 13.9 Å². The standard InChI is InChI=1S/C16H15N3O3S/c1-11-4-2-5-12(8-11)21-9-15-18-19-16(22-15)23-10-14(20)13-6-3-7-17-13/h2-8,17H,9-10H2,1H3. The van der Waals surface area contributed by atoms with E-state index in [4.69, 9.17) is 9.15 Å². The van der Waals surface area contributed by atoms with Crippen LogP contribution in [0.3, 0.4) is 0 Å². The summed E-state index contributed by atoms with van der Waals surface area (Å²) in [5.74, 6) is 1.34. The van der Waals surface area contributed by atoms with Gasteiger partial charge in [-0.1, -0.05) is 23.9 Å². The van der Waals surface area contributed by atoms with Crippen LogP contribution in [0.25, 0.3) is 0 Å². The molecule has 0 spiro atoms. The van der Waals surface area contributed by atoms with Gasteiger partial charge in [0, 0.05) is 6.20 Å².